The van der Waals surface area contributed by atoms with E-state index < -0.39 is 23.3 Å². The van der Waals surface area contributed by atoms with Crippen LogP contribution in [0.2, 0.25) is 0 Å². The Labute approximate surface area is 102 Å². The molecule has 0 atom stereocenters. The van der Waals surface area contributed by atoms with E-state index in [0.29, 0.717) is 18.5 Å². The zero-order valence-corrected chi connectivity index (χ0v) is 9.58. The van der Waals surface area contributed by atoms with Gasteiger partial charge in [-0.25, -0.2) is 8.78 Å². The number of hydrogen-bond acceptors (Lipinski definition) is 2. The highest BCUT2D eigenvalue weighted by molar-refractivity contribution is 6.52. The Hall–Kier alpha value is -1.78. The average Bonchev–Trinajstić information content (AvgIpc) is 2.48. The van der Waals surface area contributed by atoms with Gasteiger partial charge in [0.25, 0.3) is 11.7 Å². The minimum Gasteiger partial charge on any atom is -0.302 e. The maximum absolute atomic E-state index is 13.7. The molecule has 0 bridgehead atoms. The van der Waals surface area contributed by atoms with Crippen LogP contribution in [0.1, 0.15) is 29.6 Å². The SMILES string of the molecule is O=C1C(=O)N(CC2CCC2)c2c(F)cc(F)cc21. The number of amides is 1. The molecule has 1 aromatic carbocycles. The zero-order valence-electron chi connectivity index (χ0n) is 9.58. The fraction of sp³-hybridized carbons (Fsp3) is 0.385. The molecule has 1 amide bonds. The van der Waals surface area contributed by atoms with Crippen molar-refractivity contribution in [3.8, 4) is 0 Å². The molecule has 5 heteroatoms. The fourth-order valence-corrected chi connectivity index (χ4v) is 2.46. The lowest BCUT2D eigenvalue weighted by Crippen LogP contribution is -2.36. The quantitative estimate of drug-likeness (QED) is 0.756. The first kappa shape index (κ1) is 11.3. The summed E-state index contributed by atoms with van der Waals surface area (Å²) in [5.74, 6) is -2.93. The highest BCUT2D eigenvalue weighted by Gasteiger charge is 2.40. The van der Waals surface area contributed by atoms with Crippen LogP contribution in [0, 0.1) is 17.6 Å². The summed E-state index contributed by atoms with van der Waals surface area (Å²) in [6.07, 6.45) is 3.06. The zero-order chi connectivity index (χ0) is 12.9. The van der Waals surface area contributed by atoms with Crippen molar-refractivity contribution >= 4 is 17.4 Å². The summed E-state index contributed by atoms with van der Waals surface area (Å²) in [6, 6.07) is 1.64. The summed E-state index contributed by atoms with van der Waals surface area (Å²) in [5, 5.41) is 0. The van der Waals surface area contributed by atoms with Crippen molar-refractivity contribution in [2.24, 2.45) is 5.92 Å². The van der Waals surface area contributed by atoms with Crippen molar-refractivity contribution < 1.29 is 18.4 Å². The van der Waals surface area contributed by atoms with Crippen LogP contribution in [0.5, 0.6) is 0 Å². The van der Waals surface area contributed by atoms with Gasteiger partial charge in [0.05, 0.1) is 11.3 Å². The average molecular weight is 251 g/mol. The van der Waals surface area contributed by atoms with Crippen molar-refractivity contribution in [3.63, 3.8) is 0 Å². The van der Waals surface area contributed by atoms with Crippen LogP contribution in [0.3, 0.4) is 0 Å². The van der Waals surface area contributed by atoms with Crippen molar-refractivity contribution in [1.82, 2.24) is 0 Å². The third kappa shape index (κ3) is 1.54. The lowest BCUT2D eigenvalue weighted by molar-refractivity contribution is -0.114. The van der Waals surface area contributed by atoms with Gasteiger partial charge in [-0.15, -0.1) is 0 Å². The topological polar surface area (TPSA) is 37.4 Å². The molecular formula is C13H11F2NO2. The van der Waals surface area contributed by atoms with E-state index in [4.69, 9.17) is 0 Å². The molecule has 18 heavy (non-hydrogen) atoms. The lowest BCUT2D eigenvalue weighted by Gasteiger charge is -2.30. The maximum Gasteiger partial charge on any atom is 0.299 e. The molecule has 0 radical (unpaired) electrons. The molecule has 0 saturated heterocycles. The largest absolute Gasteiger partial charge is 0.302 e. The Balaban J connectivity index is 2.02. The van der Waals surface area contributed by atoms with Gasteiger partial charge in [0.1, 0.15) is 5.82 Å². The Morgan fingerprint density at radius 2 is 1.94 bits per heavy atom. The predicted molar refractivity (Wildman–Crippen MR) is 60.4 cm³/mol. The monoisotopic (exact) mass is 251 g/mol. The molecule has 0 spiro atoms. The van der Waals surface area contributed by atoms with Gasteiger partial charge in [-0.05, 0) is 24.8 Å². The van der Waals surface area contributed by atoms with Gasteiger partial charge in [-0.1, -0.05) is 6.42 Å². The summed E-state index contributed by atoms with van der Waals surface area (Å²) in [7, 11) is 0. The van der Waals surface area contributed by atoms with Gasteiger partial charge in [-0.2, -0.15) is 0 Å². The number of benzene rings is 1. The molecule has 0 aromatic heterocycles. The Morgan fingerprint density at radius 1 is 1.22 bits per heavy atom. The first-order chi connectivity index (χ1) is 8.58. The number of carbonyl (C=O) groups is 2. The molecule has 1 aromatic rings. The predicted octanol–water partition coefficient (Wildman–Crippen LogP) is 2.29. The number of hydrogen-bond donors (Lipinski definition) is 0. The highest BCUT2D eigenvalue weighted by Crippen LogP contribution is 2.36. The molecule has 1 heterocycles. The van der Waals surface area contributed by atoms with Crippen LogP contribution in [0.4, 0.5) is 14.5 Å². The standard InChI is InChI=1S/C13H11F2NO2/c14-8-4-9-11(10(15)5-8)16(13(18)12(9)17)6-7-2-1-3-7/h4-5,7H,1-3,6H2. The van der Waals surface area contributed by atoms with Gasteiger partial charge in [0.2, 0.25) is 0 Å². The Kier molecular flexibility index (Phi) is 2.43. The second kappa shape index (κ2) is 3.86. The van der Waals surface area contributed by atoms with Gasteiger partial charge >= 0.3 is 0 Å². The molecule has 3 nitrogen and oxygen atoms in total. The normalized spacial score (nSPS) is 19.1. The molecule has 1 aliphatic heterocycles. The van der Waals surface area contributed by atoms with Crippen molar-refractivity contribution in [2.75, 3.05) is 11.4 Å². The number of nitrogens with zero attached hydrogens (tertiary/aromatic N) is 1. The van der Waals surface area contributed by atoms with E-state index in [9.17, 15) is 18.4 Å². The number of anilines is 1. The van der Waals surface area contributed by atoms with E-state index in [-0.39, 0.29) is 11.3 Å². The van der Waals surface area contributed by atoms with Gasteiger partial charge in [0.15, 0.2) is 5.82 Å². The number of ketones is 1. The molecule has 1 aliphatic carbocycles. The Morgan fingerprint density at radius 3 is 2.56 bits per heavy atom. The van der Waals surface area contributed by atoms with Crippen LogP contribution >= 0.6 is 0 Å². The van der Waals surface area contributed by atoms with E-state index in [1.807, 2.05) is 0 Å². The molecular weight excluding hydrogens is 240 g/mol. The minimum absolute atomic E-state index is 0.0571. The number of rotatable bonds is 2. The second-order valence-corrected chi connectivity index (χ2v) is 4.83. The van der Waals surface area contributed by atoms with Crippen LogP contribution in [0.15, 0.2) is 12.1 Å². The third-order valence-corrected chi connectivity index (χ3v) is 3.65. The van der Waals surface area contributed by atoms with Crippen molar-refractivity contribution in [3.05, 3.63) is 29.3 Å². The molecule has 0 N–H and O–H groups in total. The van der Waals surface area contributed by atoms with Crippen molar-refractivity contribution in [2.45, 2.75) is 19.3 Å². The molecule has 1 saturated carbocycles. The molecule has 2 aliphatic rings. The molecule has 1 fully saturated rings. The molecule has 3 rings (SSSR count). The van der Waals surface area contributed by atoms with E-state index in [1.54, 1.807) is 0 Å². The first-order valence-electron chi connectivity index (χ1n) is 5.93. The summed E-state index contributed by atoms with van der Waals surface area (Å²) < 4.78 is 26.8. The number of halogens is 2. The van der Waals surface area contributed by atoms with E-state index in [1.165, 1.54) is 0 Å². The number of carbonyl (C=O) groups excluding carboxylic acids is 2. The summed E-state index contributed by atoms with van der Waals surface area (Å²) in [5.41, 5.74) is -0.213. The third-order valence-electron chi connectivity index (χ3n) is 3.65. The molecule has 94 valence electrons. The van der Waals surface area contributed by atoms with Gasteiger partial charge in [0, 0.05) is 12.6 Å². The van der Waals surface area contributed by atoms with E-state index >= 15 is 0 Å². The van der Waals surface area contributed by atoms with Crippen LogP contribution in [0.25, 0.3) is 0 Å². The smallest absolute Gasteiger partial charge is 0.299 e. The summed E-state index contributed by atoms with van der Waals surface area (Å²) >= 11 is 0. The fourth-order valence-electron chi connectivity index (χ4n) is 2.46. The Bertz CT molecular complexity index is 552. The highest BCUT2D eigenvalue weighted by atomic mass is 19.1. The van der Waals surface area contributed by atoms with Crippen molar-refractivity contribution in [1.29, 1.82) is 0 Å². The van der Waals surface area contributed by atoms with Crippen LogP contribution < -0.4 is 4.90 Å². The van der Waals surface area contributed by atoms with E-state index in [2.05, 4.69) is 0 Å². The molecule has 0 unspecified atom stereocenters. The van der Waals surface area contributed by atoms with E-state index in [0.717, 1.165) is 30.2 Å². The van der Waals surface area contributed by atoms with Crippen LogP contribution in [-0.4, -0.2) is 18.2 Å². The number of Topliss-reactive ketones (excluding diaryl/α,β-unsaturated/α-hetero) is 1. The summed E-state index contributed by atoms with van der Waals surface area (Å²) in [4.78, 5) is 24.6. The van der Waals surface area contributed by atoms with Crippen LogP contribution in [-0.2, 0) is 4.79 Å². The van der Waals surface area contributed by atoms with Gasteiger partial charge in [-0.3, -0.25) is 9.59 Å². The summed E-state index contributed by atoms with van der Waals surface area (Å²) in [6.45, 7) is 0.347. The second-order valence-electron chi connectivity index (χ2n) is 4.83. The maximum atomic E-state index is 13.7. The first-order valence-corrected chi connectivity index (χ1v) is 5.93. The van der Waals surface area contributed by atoms with Gasteiger partial charge < -0.3 is 4.90 Å². The lowest BCUT2D eigenvalue weighted by atomic mass is 9.85. The minimum atomic E-state index is -0.844. The number of fused-ring (bicyclic) bond motifs is 1.